The Morgan fingerprint density at radius 3 is 2.51 bits per heavy atom. The topological polar surface area (TPSA) is 185 Å². The summed E-state index contributed by atoms with van der Waals surface area (Å²) in [5.41, 5.74) is -3.27. The lowest BCUT2D eigenvalue weighted by molar-refractivity contribution is -0.424. The Kier molecular flexibility index (Phi) is 4.93. The van der Waals surface area contributed by atoms with Gasteiger partial charge in [0.15, 0.2) is 18.4 Å². The van der Waals surface area contributed by atoms with Gasteiger partial charge in [-0.2, -0.15) is 0 Å². The van der Waals surface area contributed by atoms with E-state index in [1.807, 2.05) is 0 Å². The van der Waals surface area contributed by atoms with Crippen molar-refractivity contribution in [2.45, 2.75) is 73.8 Å². The summed E-state index contributed by atoms with van der Waals surface area (Å²) in [7, 11) is 0. The van der Waals surface area contributed by atoms with E-state index in [9.17, 15) is 35.4 Å². The quantitative estimate of drug-likeness (QED) is 0.247. The average Bonchev–Trinajstić information content (AvgIpc) is 3.00. The molecule has 0 radical (unpaired) electrons. The Morgan fingerprint density at radius 1 is 1.11 bits per heavy atom. The molecule has 12 heteroatoms. The molecule has 4 heterocycles. The van der Waals surface area contributed by atoms with Gasteiger partial charge in [-0.3, -0.25) is 0 Å². The van der Waals surface area contributed by atoms with Gasteiger partial charge in [-0.1, -0.05) is 0 Å². The van der Waals surface area contributed by atoms with E-state index in [1.54, 1.807) is 6.92 Å². The number of rotatable bonds is 6. The highest BCUT2D eigenvalue weighted by atomic mass is 16.8. The largest absolute Gasteiger partial charge is 0.508 e. The van der Waals surface area contributed by atoms with Crippen LogP contribution in [0.1, 0.15) is 30.1 Å². The van der Waals surface area contributed by atoms with Gasteiger partial charge in [-0.25, -0.2) is 4.79 Å². The molecule has 11 atom stereocenters. The Morgan fingerprint density at radius 2 is 1.83 bits per heavy atom. The number of ether oxygens (including phenoxy) is 5. The molecule has 8 rings (SSSR count). The van der Waals surface area contributed by atoms with Gasteiger partial charge in [-0.15, -0.1) is 0 Å². The van der Waals surface area contributed by atoms with E-state index in [2.05, 4.69) is 0 Å². The Hall–Kier alpha value is -1.87. The first-order valence-electron chi connectivity index (χ1n) is 11.5. The van der Waals surface area contributed by atoms with Crippen LogP contribution in [0.5, 0.6) is 5.75 Å². The van der Waals surface area contributed by atoms with Crippen LogP contribution >= 0.6 is 0 Å². The van der Waals surface area contributed by atoms with Gasteiger partial charge >= 0.3 is 5.97 Å². The molecule has 0 amide bonds. The van der Waals surface area contributed by atoms with E-state index in [-0.39, 0.29) is 30.8 Å². The van der Waals surface area contributed by atoms with E-state index in [1.165, 1.54) is 24.3 Å². The summed E-state index contributed by atoms with van der Waals surface area (Å²) in [6, 6.07) is 5.54. The first kappa shape index (κ1) is 23.5. The summed E-state index contributed by atoms with van der Waals surface area (Å²) in [6.07, 6.45) is -8.10. The van der Waals surface area contributed by atoms with Gasteiger partial charge in [-0.05, 0) is 37.6 Å². The Bertz CT molecular complexity index is 1030. The maximum absolute atomic E-state index is 12.7. The van der Waals surface area contributed by atoms with Gasteiger partial charge in [0.05, 0.1) is 17.6 Å². The summed E-state index contributed by atoms with van der Waals surface area (Å²) in [4.78, 5) is 12.7. The molecule has 192 valence electrons. The third kappa shape index (κ3) is 2.80. The van der Waals surface area contributed by atoms with Crippen LogP contribution in [-0.2, 0) is 23.7 Å². The number of benzene rings is 1. The summed E-state index contributed by atoms with van der Waals surface area (Å²) in [6.45, 7) is 0.878. The van der Waals surface area contributed by atoms with Crippen LogP contribution in [0.3, 0.4) is 0 Å². The van der Waals surface area contributed by atoms with E-state index in [4.69, 9.17) is 23.7 Å². The number of hydrogen-bond donors (Lipinski definition) is 6. The zero-order valence-electron chi connectivity index (χ0n) is 18.8. The molecule has 0 aromatic heterocycles. The van der Waals surface area contributed by atoms with Crippen molar-refractivity contribution in [3.8, 4) is 5.75 Å². The van der Waals surface area contributed by atoms with Crippen molar-refractivity contribution < 1.29 is 59.1 Å². The van der Waals surface area contributed by atoms with Crippen LogP contribution in [0.2, 0.25) is 0 Å². The van der Waals surface area contributed by atoms with Crippen LogP contribution < -0.4 is 0 Å². The summed E-state index contributed by atoms with van der Waals surface area (Å²) >= 11 is 0. The maximum atomic E-state index is 12.7. The summed E-state index contributed by atoms with van der Waals surface area (Å²) < 4.78 is 29.6. The second kappa shape index (κ2) is 7.34. The molecule has 1 aromatic carbocycles. The number of carbonyl (C=O) groups is 1. The highest BCUT2D eigenvalue weighted by molar-refractivity contribution is 5.89. The highest BCUT2D eigenvalue weighted by Crippen LogP contribution is 2.81. The fourth-order valence-corrected chi connectivity index (χ4v) is 6.90. The van der Waals surface area contributed by atoms with Crippen LogP contribution in [-0.4, -0.2) is 104 Å². The van der Waals surface area contributed by atoms with Crippen LogP contribution in [0.15, 0.2) is 24.3 Å². The van der Waals surface area contributed by atoms with Gasteiger partial charge in [0.2, 0.25) is 0 Å². The Labute approximate surface area is 199 Å². The van der Waals surface area contributed by atoms with Crippen molar-refractivity contribution >= 4 is 5.97 Å². The second-order valence-electron chi connectivity index (χ2n) is 10.4. The second-order valence-corrected chi connectivity index (χ2v) is 10.4. The fourth-order valence-electron chi connectivity index (χ4n) is 6.90. The number of esters is 1. The number of carbonyl (C=O) groups excluding carboxylic acids is 1. The molecule has 35 heavy (non-hydrogen) atoms. The molecule has 3 aliphatic carbocycles. The number of phenols is 1. The summed E-state index contributed by atoms with van der Waals surface area (Å²) in [5, 5.41) is 61.2. The lowest BCUT2D eigenvalue weighted by Crippen LogP contribution is -2.80. The van der Waals surface area contributed by atoms with Crippen molar-refractivity contribution in [3.05, 3.63) is 29.8 Å². The monoisotopic (exact) mass is 496 g/mol. The number of aromatic hydroxyl groups is 1. The van der Waals surface area contributed by atoms with E-state index >= 15 is 0 Å². The molecule has 0 spiro atoms. The minimum atomic E-state index is -1.64. The SMILES string of the molecule is C[C@@]12C[C@]3(O)O[C@@H](O1)[C@@]1(COC(=O)c4ccc(O)cc4)[C@H]3C[C@@]12O[C@@H]1O[C@@H](CO)[C@H](O)[C@H](O)[C@H]1O. The standard InChI is InChI=1S/C23H28O12/c1-20-8-22(30)13-6-23(20,33-18-16(28)15(27)14(26)12(7-24)32-18)21(13,19(34-20)35-22)9-31-17(29)10-2-4-11(25)5-3-10/h2-5,12-16,18-19,24-28,30H,6-9H2,1H3/t12-,13+,14-,15-,16+,18-,19+,20-,21+,22-,23-/m0/s1. The first-order valence-corrected chi connectivity index (χ1v) is 11.5. The highest BCUT2D eigenvalue weighted by Gasteiger charge is 2.94. The van der Waals surface area contributed by atoms with E-state index in [0.717, 1.165) is 0 Å². The Balaban J connectivity index is 1.31. The van der Waals surface area contributed by atoms with Gasteiger partial charge in [0.25, 0.3) is 0 Å². The van der Waals surface area contributed by atoms with Crippen molar-refractivity contribution in [1.82, 2.24) is 0 Å². The van der Waals surface area contributed by atoms with Gasteiger partial charge in [0.1, 0.15) is 48.0 Å². The molecular formula is C23H28O12. The molecule has 0 unspecified atom stereocenters. The molecule has 6 N–H and O–H groups in total. The molecule has 1 aromatic rings. The first-order chi connectivity index (χ1) is 16.5. The smallest absolute Gasteiger partial charge is 0.338 e. The number of aliphatic hydroxyl groups is 5. The molecule has 12 nitrogen and oxygen atoms in total. The van der Waals surface area contributed by atoms with Crippen LogP contribution in [0.25, 0.3) is 0 Å². The van der Waals surface area contributed by atoms with E-state index in [0.29, 0.717) is 0 Å². The predicted octanol–water partition coefficient (Wildman–Crippen LogP) is -1.65. The number of phenolic OH excluding ortho intramolecular Hbond substituents is 1. The molecular weight excluding hydrogens is 468 g/mol. The molecule has 6 bridgehead atoms. The summed E-state index contributed by atoms with van der Waals surface area (Å²) in [5.74, 6) is -2.68. The molecule has 7 aliphatic rings. The third-order valence-corrected chi connectivity index (χ3v) is 8.66. The normalized spacial score (nSPS) is 51.3. The lowest BCUT2D eigenvalue weighted by Gasteiger charge is -2.67. The molecule has 4 aliphatic heterocycles. The van der Waals surface area contributed by atoms with Crippen LogP contribution in [0.4, 0.5) is 0 Å². The maximum Gasteiger partial charge on any atom is 0.338 e. The van der Waals surface area contributed by atoms with Crippen molar-refractivity contribution in [2.75, 3.05) is 13.2 Å². The van der Waals surface area contributed by atoms with E-state index < -0.39 is 77.9 Å². The lowest BCUT2D eigenvalue weighted by atomic mass is 9.41. The van der Waals surface area contributed by atoms with Crippen molar-refractivity contribution in [2.24, 2.45) is 11.3 Å². The molecule has 7 fully saturated rings. The van der Waals surface area contributed by atoms with Crippen LogP contribution in [0, 0.1) is 11.3 Å². The minimum absolute atomic E-state index is 0.00282. The third-order valence-electron chi connectivity index (χ3n) is 8.66. The number of hydrogen-bond acceptors (Lipinski definition) is 12. The fraction of sp³-hybridized carbons (Fsp3) is 0.696. The predicted molar refractivity (Wildman–Crippen MR) is 110 cm³/mol. The molecule has 4 saturated heterocycles. The zero-order chi connectivity index (χ0) is 25.0. The zero-order valence-corrected chi connectivity index (χ0v) is 18.8. The van der Waals surface area contributed by atoms with Gasteiger partial charge in [0, 0.05) is 12.3 Å². The van der Waals surface area contributed by atoms with Crippen molar-refractivity contribution in [1.29, 1.82) is 0 Å². The minimum Gasteiger partial charge on any atom is -0.508 e. The number of aliphatic hydroxyl groups excluding tert-OH is 4. The molecule has 3 saturated carbocycles. The van der Waals surface area contributed by atoms with Crippen molar-refractivity contribution in [3.63, 3.8) is 0 Å². The average molecular weight is 496 g/mol. The van der Waals surface area contributed by atoms with Gasteiger partial charge < -0.3 is 54.3 Å².